The van der Waals surface area contributed by atoms with Crippen molar-refractivity contribution in [3.8, 4) is 0 Å². The van der Waals surface area contributed by atoms with E-state index in [0.717, 1.165) is 12.1 Å². The molecular weight excluding hydrogens is 306 g/mol. The van der Waals surface area contributed by atoms with Gasteiger partial charge in [0.2, 0.25) is 0 Å². The van der Waals surface area contributed by atoms with Crippen LogP contribution in [0.3, 0.4) is 0 Å². The number of benzene rings is 2. The van der Waals surface area contributed by atoms with Crippen molar-refractivity contribution >= 4 is 17.3 Å². The zero-order chi connectivity index (χ0) is 15.6. The molecular formula is C15H12ClF4N. The maximum absolute atomic E-state index is 13.4. The van der Waals surface area contributed by atoms with Crippen molar-refractivity contribution in [2.24, 2.45) is 0 Å². The van der Waals surface area contributed by atoms with E-state index in [1.54, 1.807) is 19.1 Å². The molecule has 0 atom stereocenters. The molecule has 0 aliphatic carbocycles. The Labute approximate surface area is 124 Å². The second kappa shape index (κ2) is 5.93. The number of anilines is 1. The van der Waals surface area contributed by atoms with Crippen molar-refractivity contribution < 1.29 is 17.6 Å². The highest BCUT2D eigenvalue weighted by Crippen LogP contribution is 2.33. The van der Waals surface area contributed by atoms with Crippen LogP contribution in [0.1, 0.15) is 16.7 Å². The van der Waals surface area contributed by atoms with Gasteiger partial charge in [-0.15, -0.1) is 0 Å². The van der Waals surface area contributed by atoms with Gasteiger partial charge in [0.15, 0.2) is 0 Å². The lowest BCUT2D eigenvalue weighted by Crippen LogP contribution is -2.07. The van der Waals surface area contributed by atoms with E-state index in [1.165, 1.54) is 12.1 Å². The Morgan fingerprint density at radius 1 is 1.10 bits per heavy atom. The first-order chi connectivity index (χ1) is 9.75. The third-order valence-corrected chi connectivity index (χ3v) is 3.18. The number of nitrogens with one attached hydrogen (secondary N) is 1. The summed E-state index contributed by atoms with van der Waals surface area (Å²) in [4.78, 5) is 0. The SMILES string of the molecule is Cc1ccc(CNc2cc(Cl)cc(C(F)(F)F)c2)cc1F. The van der Waals surface area contributed by atoms with Gasteiger partial charge in [0, 0.05) is 17.3 Å². The van der Waals surface area contributed by atoms with Gasteiger partial charge in [0.05, 0.1) is 5.56 Å². The predicted octanol–water partition coefficient (Wildman–Crippen LogP) is 5.42. The van der Waals surface area contributed by atoms with Gasteiger partial charge in [-0.2, -0.15) is 13.2 Å². The average molecular weight is 318 g/mol. The summed E-state index contributed by atoms with van der Waals surface area (Å²) in [6.07, 6.45) is -4.46. The minimum Gasteiger partial charge on any atom is -0.381 e. The minimum absolute atomic E-state index is 0.0117. The monoisotopic (exact) mass is 317 g/mol. The van der Waals surface area contributed by atoms with Gasteiger partial charge >= 0.3 is 6.18 Å². The Hall–Kier alpha value is -1.75. The van der Waals surface area contributed by atoms with Crippen molar-refractivity contribution in [3.63, 3.8) is 0 Å². The molecule has 0 amide bonds. The molecule has 0 radical (unpaired) electrons. The van der Waals surface area contributed by atoms with E-state index >= 15 is 0 Å². The van der Waals surface area contributed by atoms with Gasteiger partial charge in [-0.05, 0) is 42.3 Å². The van der Waals surface area contributed by atoms with Crippen LogP contribution in [0.15, 0.2) is 36.4 Å². The van der Waals surface area contributed by atoms with Crippen LogP contribution < -0.4 is 5.32 Å². The van der Waals surface area contributed by atoms with Gasteiger partial charge in [-0.1, -0.05) is 23.7 Å². The summed E-state index contributed by atoms with van der Waals surface area (Å²) in [7, 11) is 0. The molecule has 2 aromatic rings. The fourth-order valence-electron chi connectivity index (χ4n) is 1.81. The second-order valence-electron chi connectivity index (χ2n) is 4.66. The minimum atomic E-state index is -4.46. The smallest absolute Gasteiger partial charge is 0.381 e. The molecule has 1 nitrogen and oxygen atoms in total. The Morgan fingerprint density at radius 2 is 1.81 bits per heavy atom. The molecule has 0 spiro atoms. The molecule has 0 unspecified atom stereocenters. The second-order valence-corrected chi connectivity index (χ2v) is 5.10. The molecule has 0 aliphatic heterocycles. The topological polar surface area (TPSA) is 12.0 Å². The molecule has 0 fully saturated rings. The molecule has 2 rings (SSSR count). The van der Waals surface area contributed by atoms with Crippen molar-refractivity contribution in [1.29, 1.82) is 0 Å². The standard InChI is InChI=1S/C15H12ClF4N/c1-9-2-3-10(4-14(9)17)8-21-13-6-11(15(18,19)20)5-12(16)7-13/h2-7,21H,8H2,1H3. The lowest BCUT2D eigenvalue weighted by molar-refractivity contribution is -0.137. The van der Waals surface area contributed by atoms with Crippen LogP contribution in [0, 0.1) is 12.7 Å². The van der Waals surface area contributed by atoms with Crippen LogP contribution in [0.2, 0.25) is 5.02 Å². The highest BCUT2D eigenvalue weighted by molar-refractivity contribution is 6.30. The van der Waals surface area contributed by atoms with Gasteiger partial charge in [-0.3, -0.25) is 0 Å². The van der Waals surface area contributed by atoms with Crippen molar-refractivity contribution in [2.45, 2.75) is 19.6 Å². The first-order valence-corrected chi connectivity index (χ1v) is 6.50. The van der Waals surface area contributed by atoms with Crippen LogP contribution in [0.5, 0.6) is 0 Å². The van der Waals surface area contributed by atoms with E-state index in [0.29, 0.717) is 11.1 Å². The van der Waals surface area contributed by atoms with Crippen LogP contribution in [0.25, 0.3) is 0 Å². The Balaban J connectivity index is 2.16. The fourth-order valence-corrected chi connectivity index (χ4v) is 2.04. The van der Waals surface area contributed by atoms with Crippen molar-refractivity contribution in [2.75, 3.05) is 5.32 Å². The van der Waals surface area contributed by atoms with Gasteiger partial charge in [0.25, 0.3) is 0 Å². The molecule has 1 N–H and O–H groups in total. The predicted molar refractivity (Wildman–Crippen MR) is 74.9 cm³/mol. The summed E-state index contributed by atoms with van der Waals surface area (Å²) < 4.78 is 51.4. The first-order valence-electron chi connectivity index (χ1n) is 6.12. The van der Waals surface area contributed by atoms with Crippen LogP contribution in [-0.4, -0.2) is 0 Å². The molecule has 0 aliphatic rings. The van der Waals surface area contributed by atoms with E-state index in [4.69, 9.17) is 11.6 Å². The number of halogens is 5. The quantitative estimate of drug-likeness (QED) is 0.745. The van der Waals surface area contributed by atoms with Crippen LogP contribution in [-0.2, 0) is 12.7 Å². The van der Waals surface area contributed by atoms with Gasteiger partial charge < -0.3 is 5.32 Å². The fraction of sp³-hybridized carbons (Fsp3) is 0.200. The highest BCUT2D eigenvalue weighted by Gasteiger charge is 2.31. The van der Waals surface area contributed by atoms with Crippen LogP contribution >= 0.6 is 11.6 Å². The number of rotatable bonds is 3. The summed E-state index contributed by atoms with van der Waals surface area (Å²) in [6.45, 7) is 1.84. The molecule has 0 saturated heterocycles. The molecule has 2 aromatic carbocycles. The van der Waals surface area contributed by atoms with E-state index in [2.05, 4.69) is 5.32 Å². The third-order valence-electron chi connectivity index (χ3n) is 2.96. The molecule has 0 bridgehead atoms. The Kier molecular flexibility index (Phi) is 4.42. The normalized spacial score (nSPS) is 11.5. The maximum atomic E-state index is 13.4. The molecule has 0 saturated carbocycles. The average Bonchev–Trinajstić information content (AvgIpc) is 2.38. The van der Waals surface area contributed by atoms with E-state index in [9.17, 15) is 17.6 Å². The van der Waals surface area contributed by atoms with E-state index in [1.807, 2.05) is 0 Å². The third kappa shape index (κ3) is 4.11. The van der Waals surface area contributed by atoms with E-state index < -0.39 is 11.7 Å². The van der Waals surface area contributed by atoms with E-state index in [-0.39, 0.29) is 23.1 Å². The van der Waals surface area contributed by atoms with Gasteiger partial charge in [-0.25, -0.2) is 4.39 Å². The summed E-state index contributed by atoms with van der Waals surface area (Å²) in [5.41, 5.74) is 0.552. The number of hydrogen-bond acceptors (Lipinski definition) is 1. The Morgan fingerprint density at radius 3 is 2.43 bits per heavy atom. The maximum Gasteiger partial charge on any atom is 0.416 e. The molecule has 0 aromatic heterocycles. The molecule has 0 heterocycles. The number of hydrogen-bond donors (Lipinski definition) is 1. The largest absolute Gasteiger partial charge is 0.416 e. The zero-order valence-electron chi connectivity index (χ0n) is 11.1. The lowest BCUT2D eigenvalue weighted by Gasteiger charge is -2.12. The number of alkyl halides is 3. The molecule has 112 valence electrons. The summed E-state index contributed by atoms with van der Waals surface area (Å²) >= 11 is 5.68. The van der Waals surface area contributed by atoms with Crippen molar-refractivity contribution in [3.05, 3.63) is 63.9 Å². The zero-order valence-corrected chi connectivity index (χ0v) is 11.8. The highest BCUT2D eigenvalue weighted by atomic mass is 35.5. The van der Waals surface area contributed by atoms with Gasteiger partial charge in [0.1, 0.15) is 5.82 Å². The summed E-state index contributed by atoms with van der Waals surface area (Å²) in [5.74, 6) is -0.351. The molecule has 6 heteroatoms. The molecule has 21 heavy (non-hydrogen) atoms. The summed E-state index contributed by atoms with van der Waals surface area (Å²) in [5, 5.41) is 2.80. The number of aryl methyl sites for hydroxylation is 1. The Bertz CT molecular complexity index is 653. The first kappa shape index (κ1) is 15.6. The summed E-state index contributed by atoms with van der Waals surface area (Å²) in [6, 6.07) is 7.89. The van der Waals surface area contributed by atoms with Crippen LogP contribution in [0.4, 0.5) is 23.2 Å². The van der Waals surface area contributed by atoms with Crippen molar-refractivity contribution in [1.82, 2.24) is 0 Å². The lowest BCUT2D eigenvalue weighted by atomic mass is 10.1.